The van der Waals surface area contributed by atoms with Gasteiger partial charge >= 0.3 is 0 Å². The highest BCUT2D eigenvalue weighted by Crippen LogP contribution is 2.27. The minimum absolute atomic E-state index is 0.0121. The molecule has 0 spiro atoms. The van der Waals surface area contributed by atoms with Gasteiger partial charge in [-0.25, -0.2) is 0 Å². The van der Waals surface area contributed by atoms with Crippen molar-refractivity contribution in [1.82, 2.24) is 9.78 Å². The van der Waals surface area contributed by atoms with Crippen molar-refractivity contribution in [3.05, 3.63) is 34.3 Å². The van der Waals surface area contributed by atoms with E-state index in [4.69, 9.17) is 10.5 Å². The Morgan fingerprint density at radius 2 is 2.44 bits per heavy atom. The maximum absolute atomic E-state index is 6.12. The van der Waals surface area contributed by atoms with Crippen molar-refractivity contribution in [2.75, 3.05) is 7.11 Å². The zero-order valence-corrected chi connectivity index (χ0v) is 10.2. The van der Waals surface area contributed by atoms with Crippen LogP contribution in [0.25, 0.3) is 0 Å². The minimum atomic E-state index is 0.0121. The maximum Gasteiger partial charge on any atom is 0.129 e. The Hall–Kier alpha value is -1.33. The van der Waals surface area contributed by atoms with Crippen LogP contribution in [0.4, 0.5) is 0 Å². The fraction of sp³-hybridized carbons (Fsp3) is 0.364. The molecule has 0 aromatic carbocycles. The van der Waals surface area contributed by atoms with Crippen LogP contribution in [0, 0.1) is 0 Å². The summed E-state index contributed by atoms with van der Waals surface area (Å²) < 4.78 is 6.93. The van der Waals surface area contributed by atoms with Gasteiger partial charge in [0.2, 0.25) is 0 Å². The third kappa shape index (κ3) is 2.43. The normalized spacial score (nSPS) is 12.7. The summed E-state index contributed by atoms with van der Waals surface area (Å²) in [5, 5.41) is 6.10. The summed E-state index contributed by atoms with van der Waals surface area (Å²) in [6, 6.07) is 2.00. The van der Waals surface area contributed by atoms with E-state index in [2.05, 4.69) is 5.10 Å². The SMILES string of the molecule is COc1csc(C(N)Cc2cnn(C)c2)c1. The van der Waals surface area contributed by atoms with Crippen LogP contribution in [-0.4, -0.2) is 16.9 Å². The van der Waals surface area contributed by atoms with Gasteiger partial charge in [-0.05, 0) is 18.1 Å². The monoisotopic (exact) mass is 237 g/mol. The molecule has 2 aromatic rings. The summed E-state index contributed by atoms with van der Waals surface area (Å²) >= 11 is 1.63. The summed E-state index contributed by atoms with van der Waals surface area (Å²) in [6.07, 6.45) is 4.65. The molecule has 5 heteroatoms. The number of ether oxygens (including phenoxy) is 1. The van der Waals surface area contributed by atoms with Crippen LogP contribution in [0.15, 0.2) is 23.8 Å². The van der Waals surface area contributed by atoms with E-state index in [0.29, 0.717) is 0 Å². The quantitative estimate of drug-likeness (QED) is 0.881. The van der Waals surface area contributed by atoms with Crippen molar-refractivity contribution in [3.63, 3.8) is 0 Å². The van der Waals surface area contributed by atoms with Crippen LogP contribution in [0.3, 0.4) is 0 Å². The summed E-state index contributed by atoms with van der Waals surface area (Å²) in [5.41, 5.74) is 7.28. The molecular formula is C11H15N3OS. The molecule has 0 fully saturated rings. The predicted octanol–water partition coefficient (Wildman–Crippen LogP) is 1.73. The highest BCUT2D eigenvalue weighted by Gasteiger charge is 2.11. The van der Waals surface area contributed by atoms with Gasteiger partial charge in [0.15, 0.2) is 0 Å². The smallest absolute Gasteiger partial charge is 0.129 e. The molecule has 2 heterocycles. The number of nitrogens with zero attached hydrogens (tertiary/aromatic N) is 2. The van der Waals surface area contributed by atoms with Crippen molar-refractivity contribution in [1.29, 1.82) is 0 Å². The van der Waals surface area contributed by atoms with Gasteiger partial charge in [0.25, 0.3) is 0 Å². The van der Waals surface area contributed by atoms with Gasteiger partial charge in [-0.2, -0.15) is 5.10 Å². The molecule has 1 unspecified atom stereocenters. The second-order valence-electron chi connectivity index (χ2n) is 3.72. The van der Waals surface area contributed by atoms with E-state index >= 15 is 0 Å². The predicted molar refractivity (Wildman–Crippen MR) is 64.7 cm³/mol. The zero-order chi connectivity index (χ0) is 11.5. The lowest BCUT2D eigenvalue weighted by Gasteiger charge is -2.06. The van der Waals surface area contributed by atoms with Crippen molar-refractivity contribution in [2.45, 2.75) is 12.5 Å². The highest BCUT2D eigenvalue weighted by atomic mass is 32.1. The van der Waals surface area contributed by atoms with E-state index in [0.717, 1.165) is 22.6 Å². The Morgan fingerprint density at radius 1 is 1.62 bits per heavy atom. The number of hydrogen-bond acceptors (Lipinski definition) is 4. The van der Waals surface area contributed by atoms with Crippen LogP contribution < -0.4 is 10.5 Å². The van der Waals surface area contributed by atoms with Crippen LogP contribution >= 0.6 is 11.3 Å². The molecule has 0 radical (unpaired) electrons. The summed E-state index contributed by atoms with van der Waals surface area (Å²) in [7, 11) is 3.57. The van der Waals surface area contributed by atoms with Crippen LogP contribution in [0.5, 0.6) is 5.75 Å². The first-order valence-electron chi connectivity index (χ1n) is 5.04. The second-order valence-corrected chi connectivity index (χ2v) is 4.66. The minimum Gasteiger partial charge on any atom is -0.496 e. The van der Waals surface area contributed by atoms with Gasteiger partial charge in [0, 0.05) is 29.5 Å². The molecule has 0 saturated heterocycles. The number of hydrogen-bond donors (Lipinski definition) is 1. The molecule has 2 N–H and O–H groups in total. The standard InChI is InChI=1S/C11H15N3OS/c1-14-6-8(5-13-14)3-10(12)11-4-9(15-2)7-16-11/h4-7,10H,3,12H2,1-2H3. The van der Waals surface area contributed by atoms with Crippen molar-refractivity contribution < 1.29 is 4.74 Å². The van der Waals surface area contributed by atoms with Gasteiger partial charge in [-0.3, -0.25) is 4.68 Å². The number of aryl methyl sites for hydroxylation is 1. The number of thiophene rings is 1. The summed E-state index contributed by atoms with van der Waals surface area (Å²) in [5.74, 6) is 0.877. The Bertz CT molecular complexity index is 463. The first-order valence-corrected chi connectivity index (χ1v) is 5.92. The molecule has 0 saturated carbocycles. The van der Waals surface area contributed by atoms with E-state index in [-0.39, 0.29) is 6.04 Å². The lowest BCUT2D eigenvalue weighted by molar-refractivity contribution is 0.416. The van der Waals surface area contributed by atoms with Crippen molar-refractivity contribution >= 4 is 11.3 Å². The average molecular weight is 237 g/mol. The molecule has 1 atom stereocenters. The molecule has 2 aromatic heterocycles. The van der Waals surface area contributed by atoms with E-state index in [1.54, 1.807) is 23.1 Å². The average Bonchev–Trinajstić information content (AvgIpc) is 2.87. The number of aromatic nitrogens is 2. The summed E-state index contributed by atoms with van der Waals surface area (Å²) in [4.78, 5) is 1.14. The Labute approximate surface area is 98.6 Å². The number of nitrogens with two attached hydrogens (primary N) is 1. The Balaban J connectivity index is 2.05. The molecule has 0 bridgehead atoms. The van der Waals surface area contributed by atoms with Crippen LogP contribution in [0.1, 0.15) is 16.5 Å². The molecular weight excluding hydrogens is 222 g/mol. The van der Waals surface area contributed by atoms with Gasteiger partial charge in [-0.1, -0.05) is 0 Å². The highest BCUT2D eigenvalue weighted by molar-refractivity contribution is 7.10. The van der Waals surface area contributed by atoms with E-state index < -0.39 is 0 Å². The Kier molecular flexibility index (Phi) is 3.26. The molecule has 86 valence electrons. The molecule has 0 aliphatic carbocycles. The molecule has 2 rings (SSSR count). The lowest BCUT2D eigenvalue weighted by Crippen LogP contribution is -2.11. The summed E-state index contributed by atoms with van der Waals surface area (Å²) in [6.45, 7) is 0. The van der Waals surface area contributed by atoms with Crippen LogP contribution in [-0.2, 0) is 13.5 Å². The first kappa shape index (κ1) is 11.2. The zero-order valence-electron chi connectivity index (χ0n) is 9.38. The molecule has 4 nitrogen and oxygen atoms in total. The van der Waals surface area contributed by atoms with E-state index in [1.165, 1.54) is 0 Å². The molecule has 16 heavy (non-hydrogen) atoms. The third-order valence-electron chi connectivity index (χ3n) is 2.41. The topological polar surface area (TPSA) is 53.1 Å². The number of rotatable bonds is 4. The second kappa shape index (κ2) is 4.67. The van der Waals surface area contributed by atoms with E-state index in [1.807, 2.05) is 30.9 Å². The van der Waals surface area contributed by atoms with Gasteiger partial charge < -0.3 is 10.5 Å². The fourth-order valence-electron chi connectivity index (χ4n) is 1.57. The van der Waals surface area contributed by atoms with Crippen molar-refractivity contribution in [3.8, 4) is 5.75 Å². The largest absolute Gasteiger partial charge is 0.496 e. The molecule has 0 amide bonds. The van der Waals surface area contributed by atoms with Gasteiger partial charge in [0.05, 0.1) is 13.3 Å². The third-order valence-corrected chi connectivity index (χ3v) is 3.45. The van der Waals surface area contributed by atoms with E-state index in [9.17, 15) is 0 Å². The first-order chi connectivity index (χ1) is 7.69. The molecule has 0 aliphatic rings. The van der Waals surface area contributed by atoms with Crippen molar-refractivity contribution in [2.24, 2.45) is 12.8 Å². The van der Waals surface area contributed by atoms with Gasteiger partial charge in [0.1, 0.15) is 5.75 Å². The maximum atomic E-state index is 6.12. The fourth-order valence-corrected chi connectivity index (χ4v) is 2.43. The lowest BCUT2D eigenvalue weighted by atomic mass is 10.1. The molecule has 0 aliphatic heterocycles. The van der Waals surface area contributed by atoms with Gasteiger partial charge in [-0.15, -0.1) is 11.3 Å². The number of methoxy groups -OCH3 is 1. The Morgan fingerprint density at radius 3 is 3.00 bits per heavy atom. The van der Waals surface area contributed by atoms with Crippen LogP contribution in [0.2, 0.25) is 0 Å².